The van der Waals surface area contributed by atoms with Gasteiger partial charge in [-0.05, 0) is 19.3 Å². The smallest absolute Gasteiger partial charge is 0.226 e. The maximum Gasteiger partial charge on any atom is 0.226 e. The predicted molar refractivity (Wildman–Crippen MR) is 52.8 cm³/mol. The second-order valence-electron chi connectivity index (χ2n) is 4.38. The highest BCUT2D eigenvalue weighted by molar-refractivity contribution is 5.88. The van der Waals surface area contributed by atoms with Gasteiger partial charge in [0.25, 0.3) is 0 Å². The van der Waals surface area contributed by atoms with Gasteiger partial charge in [0, 0.05) is 18.9 Å². The van der Waals surface area contributed by atoms with Crippen LogP contribution in [0.4, 0.5) is 0 Å². The highest BCUT2D eigenvalue weighted by Crippen LogP contribution is 2.27. The van der Waals surface area contributed by atoms with Crippen LogP contribution in [0, 0.1) is 5.92 Å². The lowest BCUT2D eigenvalue weighted by atomic mass is 10.0. The molecule has 0 N–H and O–H groups in total. The minimum absolute atomic E-state index is 0.223. The normalized spacial score (nSPS) is 24.3. The molecular weight excluding hydrogens is 178 g/mol. The van der Waals surface area contributed by atoms with Gasteiger partial charge in [0.05, 0.1) is 6.54 Å². The van der Waals surface area contributed by atoms with Crippen LogP contribution in [0.3, 0.4) is 0 Å². The van der Waals surface area contributed by atoms with E-state index in [2.05, 4.69) is 0 Å². The maximum atomic E-state index is 11.9. The SMILES string of the molecule is O=C1CCCN(C(=O)C2CCCC2)C1. The Kier molecular flexibility index (Phi) is 2.85. The molecule has 0 unspecified atom stereocenters. The minimum Gasteiger partial charge on any atom is -0.335 e. The monoisotopic (exact) mass is 195 g/mol. The number of likely N-dealkylation sites (tertiary alicyclic amines) is 1. The standard InChI is InChI=1S/C11H17NO2/c13-10-6-3-7-12(8-10)11(14)9-4-1-2-5-9/h9H,1-8H2. The molecule has 0 aromatic heterocycles. The Bertz CT molecular complexity index is 244. The summed E-state index contributed by atoms with van der Waals surface area (Å²) >= 11 is 0. The summed E-state index contributed by atoms with van der Waals surface area (Å²) in [6.07, 6.45) is 5.94. The molecule has 0 radical (unpaired) electrons. The topological polar surface area (TPSA) is 37.4 Å². The third-order valence-electron chi connectivity index (χ3n) is 3.27. The Balaban J connectivity index is 1.92. The van der Waals surface area contributed by atoms with Gasteiger partial charge in [-0.2, -0.15) is 0 Å². The van der Waals surface area contributed by atoms with Crippen molar-refractivity contribution in [2.75, 3.05) is 13.1 Å². The van der Waals surface area contributed by atoms with Crippen molar-refractivity contribution in [2.45, 2.75) is 38.5 Å². The van der Waals surface area contributed by atoms with E-state index in [0.717, 1.165) is 25.8 Å². The molecule has 0 bridgehead atoms. The van der Waals surface area contributed by atoms with Gasteiger partial charge in [0.1, 0.15) is 0 Å². The van der Waals surface area contributed by atoms with Crippen LogP contribution in [0.1, 0.15) is 38.5 Å². The molecule has 0 spiro atoms. The van der Waals surface area contributed by atoms with Crippen LogP contribution in [0.25, 0.3) is 0 Å². The highest BCUT2D eigenvalue weighted by atomic mass is 16.2. The zero-order valence-electron chi connectivity index (χ0n) is 8.50. The van der Waals surface area contributed by atoms with E-state index in [9.17, 15) is 9.59 Å². The lowest BCUT2D eigenvalue weighted by Gasteiger charge is -2.28. The molecule has 1 aliphatic carbocycles. The van der Waals surface area contributed by atoms with Gasteiger partial charge < -0.3 is 4.90 Å². The number of ketones is 1. The van der Waals surface area contributed by atoms with E-state index < -0.39 is 0 Å². The summed E-state index contributed by atoms with van der Waals surface area (Å²) in [5, 5.41) is 0. The summed E-state index contributed by atoms with van der Waals surface area (Å²) in [7, 11) is 0. The van der Waals surface area contributed by atoms with Crippen LogP contribution in [0.15, 0.2) is 0 Å². The third-order valence-corrected chi connectivity index (χ3v) is 3.27. The van der Waals surface area contributed by atoms with Crippen LogP contribution in [0.5, 0.6) is 0 Å². The summed E-state index contributed by atoms with van der Waals surface area (Å²) in [4.78, 5) is 24.9. The minimum atomic E-state index is 0.223. The molecule has 1 saturated carbocycles. The Morgan fingerprint density at radius 3 is 2.57 bits per heavy atom. The number of amides is 1. The van der Waals surface area contributed by atoms with E-state index in [0.29, 0.717) is 13.0 Å². The molecular formula is C11H17NO2. The molecule has 3 heteroatoms. The zero-order valence-corrected chi connectivity index (χ0v) is 8.50. The van der Waals surface area contributed by atoms with Crippen molar-refractivity contribution in [3.05, 3.63) is 0 Å². The third kappa shape index (κ3) is 1.97. The fraction of sp³-hybridized carbons (Fsp3) is 0.818. The van der Waals surface area contributed by atoms with Gasteiger partial charge in [-0.25, -0.2) is 0 Å². The molecule has 1 heterocycles. The van der Waals surface area contributed by atoms with Gasteiger partial charge >= 0.3 is 0 Å². The first kappa shape index (κ1) is 9.69. The summed E-state index contributed by atoms with van der Waals surface area (Å²) in [6, 6.07) is 0. The Labute approximate surface area is 84.5 Å². The largest absolute Gasteiger partial charge is 0.335 e. The number of nitrogens with zero attached hydrogens (tertiary/aromatic N) is 1. The van der Waals surface area contributed by atoms with Crippen LogP contribution >= 0.6 is 0 Å². The van der Waals surface area contributed by atoms with Gasteiger partial charge in [-0.1, -0.05) is 12.8 Å². The molecule has 0 aromatic rings. The van der Waals surface area contributed by atoms with Crippen LogP contribution < -0.4 is 0 Å². The Morgan fingerprint density at radius 1 is 1.21 bits per heavy atom. The van der Waals surface area contributed by atoms with Gasteiger partial charge in [0.2, 0.25) is 5.91 Å². The number of Topliss-reactive ketones (excluding diaryl/α,β-unsaturated/α-hetero) is 1. The van der Waals surface area contributed by atoms with E-state index in [1.165, 1.54) is 12.8 Å². The van der Waals surface area contributed by atoms with E-state index in [4.69, 9.17) is 0 Å². The first-order valence-electron chi connectivity index (χ1n) is 5.58. The average molecular weight is 195 g/mol. The maximum absolute atomic E-state index is 11.9. The van der Waals surface area contributed by atoms with E-state index in [1.807, 2.05) is 0 Å². The molecule has 0 aromatic carbocycles. The van der Waals surface area contributed by atoms with Gasteiger partial charge in [0.15, 0.2) is 5.78 Å². The molecule has 3 nitrogen and oxygen atoms in total. The molecule has 78 valence electrons. The van der Waals surface area contributed by atoms with Crippen LogP contribution in [0.2, 0.25) is 0 Å². The number of carbonyl (C=O) groups is 2. The van der Waals surface area contributed by atoms with Crippen molar-refractivity contribution >= 4 is 11.7 Å². The molecule has 2 fully saturated rings. The second kappa shape index (κ2) is 4.11. The number of rotatable bonds is 1. The van der Waals surface area contributed by atoms with Crippen LogP contribution in [-0.4, -0.2) is 29.7 Å². The fourth-order valence-electron chi connectivity index (χ4n) is 2.46. The first-order valence-corrected chi connectivity index (χ1v) is 5.58. The molecule has 1 aliphatic heterocycles. The van der Waals surface area contributed by atoms with Crippen molar-refractivity contribution < 1.29 is 9.59 Å². The zero-order chi connectivity index (χ0) is 9.97. The second-order valence-corrected chi connectivity index (χ2v) is 4.38. The highest BCUT2D eigenvalue weighted by Gasteiger charge is 2.29. The molecule has 2 rings (SSSR count). The fourth-order valence-corrected chi connectivity index (χ4v) is 2.46. The van der Waals surface area contributed by atoms with E-state index >= 15 is 0 Å². The first-order chi connectivity index (χ1) is 6.77. The summed E-state index contributed by atoms with van der Waals surface area (Å²) in [5.41, 5.74) is 0. The lowest BCUT2D eigenvalue weighted by Crippen LogP contribution is -2.42. The van der Waals surface area contributed by atoms with Crippen molar-refractivity contribution in [1.82, 2.24) is 4.90 Å². The molecule has 2 aliphatic rings. The van der Waals surface area contributed by atoms with Gasteiger partial charge in [-0.15, -0.1) is 0 Å². The number of piperidine rings is 1. The molecule has 1 saturated heterocycles. The van der Waals surface area contributed by atoms with Crippen LogP contribution in [-0.2, 0) is 9.59 Å². The van der Waals surface area contributed by atoms with E-state index in [-0.39, 0.29) is 17.6 Å². The van der Waals surface area contributed by atoms with E-state index in [1.54, 1.807) is 4.90 Å². The Morgan fingerprint density at radius 2 is 1.93 bits per heavy atom. The quantitative estimate of drug-likeness (QED) is 0.633. The van der Waals surface area contributed by atoms with Crippen molar-refractivity contribution in [1.29, 1.82) is 0 Å². The van der Waals surface area contributed by atoms with Gasteiger partial charge in [-0.3, -0.25) is 9.59 Å². The summed E-state index contributed by atoms with van der Waals surface area (Å²) in [6.45, 7) is 1.16. The molecule has 0 atom stereocenters. The Hall–Kier alpha value is -0.860. The van der Waals surface area contributed by atoms with Crippen molar-refractivity contribution in [3.8, 4) is 0 Å². The molecule has 1 amide bonds. The van der Waals surface area contributed by atoms with Crippen molar-refractivity contribution in [2.24, 2.45) is 5.92 Å². The predicted octanol–water partition coefficient (Wildman–Crippen LogP) is 1.37. The molecule has 14 heavy (non-hydrogen) atoms. The number of hydrogen-bond acceptors (Lipinski definition) is 2. The van der Waals surface area contributed by atoms with Crippen molar-refractivity contribution in [3.63, 3.8) is 0 Å². The summed E-state index contributed by atoms with van der Waals surface area (Å²) < 4.78 is 0. The lowest BCUT2D eigenvalue weighted by molar-refractivity contribution is -0.140. The summed E-state index contributed by atoms with van der Waals surface area (Å²) in [5.74, 6) is 0.680. The number of hydrogen-bond donors (Lipinski definition) is 0. The number of carbonyl (C=O) groups excluding carboxylic acids is 2. The average Bonchev–Trinajstić information content (AvgIpc) is 2.69.